The molecule has 104 valence electrons. The molecule has 0 bridgehead atoms. The largest absolute Gasteiger partial charge is 0.342 e. The predicted octanol–water partition coefficient (Wildman–Crippen LogP) is 2.45. The number of hydrogen-bond acceptors (Lipinski definition) is 4. The van der Waals surface area contributed by atoms with Crippen molar-refractivity contribution >= 4 is 5.91 Å². The zero-order valence-corrected chi connectivity index (χ0v) is 11.5. The fourth-order valence-corrected chi connectivity index (χ4v) is 3.17. The molecule has 19 heavy (non-hydrogen) atoms. The van der Waals surface area contributed by atoms with Gasteiger partial charge < -0.3 is 9.42 Å². The lowest BCUT2D eigenvalue weighted by molar-refractivity contribution is -0.129. The number of amides is 1. The lowest BCUT2D eigenvalue weighted by Gasteiger charge is -2.13. The van der Waals surface area contributed by atoms with Gasteiger partial charge in [0.15, 0.2) is 5.82 Å². The Morgan fingerprint density at radius 2 is 2.11 bits per heavy atom. The molecule has 1 aromatic heterocycles. The van der Waals surface area contributed by atoms with Crippen molar-refractivity contribution in [1.29, 1.82) is 0 Å². The van der Waals surface area contributed by atoms with Crippen molar-refractivity contribution in [1.82, 2.24) is 15.0 Å². The molecular formula is C14H21N3O2. The van der Waals surface area contributed by atoms with Crippen LogP contribution in [0.2, 0.25) is 0 Å². The summed E-state index contributed by atoms with van der Waals surface area (Å²) in [6, 6.07) is 0. The van der Waals surface area contributed by atoms with Crippen LogP contribution in [-0.4, -0.2) is 34.0 Å². The summed E-state index contributed by atoms with van der Waals surface area (Å²) in [7, 11) is 0. The van der Waals surface area contributed by atoms with Crippen LogP contribution in [0.3, 0.4) is 0 Å². The summed E-state index contributed by atoms with van der Waals surface area (Å²) in [4.78, 5) is 18.1. The molecule has 0 aromatic carbocycles. The van der Waals surface area contributed by atoms with E-state index in [-0.39, 0.29) is 11.8 Å². The van der Waals surface area contributed by atoms with Gasteiger partial charge in [-0.2, -0.15) is 4.98 Å². The van der Waals surface area contributed by atoms with E-state index in [1.807, 2.05) is 11.8 Å². The number of hydrogen-bond donors (Lipinski definition) is 0. The van der Waals surface area contributed by atoms with Gasteiger partial charge in [-0.15, -0.1) is 0 Å². The minimum atomic E-state index is 0.220. The van der Waals surface area contributed by atoms with Gasteiger partial charge >= 0.3 is 0 Å². The highest BCUT2D eigenvalue weighted by atomic mass is 16.5. The first-order valence-electron chi connectivity index (χ1n) is 7.39. The SMILES string of the molecule is CCC(=O)N1CC[C@@H](c2nc(C3CCCC3)no2)C1. The van der Waals surface area contributed by atoms with Gasteiger partial charge in [-0.05, 0) is 19.3 Å². The van der Waals surface area contributed by atoms with Crippen LogP contribution < -0.4 is 0 Å². The summed E-state index contributed by atoms with van der Waals surface area (Å²) in [6.07, 6.45) is 6.43. The number of carbonyl (C=O) groups excluding carboxylic acids is 1. The maximum absolute atomic E-state index is 11.7. The molecule has 5 heteroatoms. The third-order valence-corrected chi connectivity index (χ3v) is 4.37. The Bertz CT molecular complexity index is 451. The van der Waals surface area contributed by atoms with Crippen LogP contribution in [-0.2, 0) is 4.79 Å². The van der Waals surface area contributed by atoms with E-state index in [0.717, 1.165) is 31.2 Å². The van der Waals surface area contributed by atoms with Crippen molar-refractivity contribution in [2.24, 2.45) is 0 Å². The van der Waals surface area contributed by atoms with E-state index in [0.29, 0.717) is 12.3 Å². The summed E-state index contributed by atoms with van der Waals surface area (Å²) in [5.41, 5.74) is 0. The third kappa shape index (κ3) is 2.51. The molecule has 0 N–H and O–H groups in total. The maximum atomic E-state index is 11.7. The Labute approximate surface area is 113 Å². The van der Waals surface area contributed by atoms with Crippen LogP contribution in [0, 0.1) is 0 Å². The molecule has 0 radical (unpaired) electrons. The van der Waals surface area contributed by atoms with E-state index in [9.17, 15) is 4.79 Å². The quantitative estimate of drug-likeness (QED) is 0.840. The first kappa shape index (κ1) is 12.6. The lowest BCUT2D eigenvalue weighted by Crippen LogP contribution is -2.27. The minimum absolute atomic E-state index is 0.220. The number of carbonyl (C=O) groups is 1. The van der Waals surface area contributed by atoms with Gasteiger partial charge in [0.1, 0.15) is 0 Å². The number of nitrogens with zero attached hydrogens (tertiary/aromatic N) is 3. The van der Waals surface area contributed by atoms with Crippen LogP contribution >= 0.6 is 0 Å². The van der Waals surface area contributed by atoms with Crippen molar-refractivity contribution in [2.45, 2.75) is 57.3 Å². The standard InChI is InChI=1S/C14H21N3O2/c1-2-12(18)17-8-7-11(9-17)14-15-13(16-19-14)10-5-3-4-6-10/h10-11H,2-9H2,1H3/t11-/m1/s1. The van der Waals surface area contributed by atoms with Crippen LogP contribution in [0.4, 0.5) is 0 Å². The fourth-order valence-electron chi connectivity index (χ4n) is 3.17. The summed E-state index contributed by atoms with van der Waals surface area (Å²) in [5.74, 6) is 2.56. The van der Waals surface area contributed by atoms with Gasteiger partial charge in [-0.1, -0.05) is 24.9 Å². The first-order chi connectivity index (χ1) is 9.28. The van der Waals surface area contributed by atoms with Crippen molar-refractivity contribution in [3.05, 3.63) is 11.7 Å². The van der Waals surface area contributed by atoms with Gasteiger partial charge in [-0.25, -0.2) is 0 Å². The van der Waals surface area contributed by atoms with E-state index in [2.05, 4.69) is 10.1 Å². The Morgan fingerprint density at radius 3 is 2.84 bits per heavy atom. The maximum Gasteiger partial charge on any atom is 0.231 e. The molecule has 2 aliphatic rings. The highest BCUT2D eigenvalue weighted by Crippen LogP contribution is 2.34. The highest BCUT2D eigenvalue weighted by Gasteiger charge is 2.31. The van der Waals surface area contributed by atoms with Gasteiger partial charge in [0.05, 0.1) is 5.92 Å². The van der Waals surface area contributed by atoms with E-state index in [4.69, 9.17) is 4.52 Å². The average molecular weight is 263 g/mol. The Morgan fingerprint density at radius 1 is 1.32 bits per heavy atom. The smallest absolute Gasteiger partial charge is 0.231 e. The first-order valence-corrected chi connectivity index (χ1v) is 7.39. The third-order valence-electron chi connectivity index (χ3n) is 4.37. The zero-order chi connectivity index (χ0) is 13.2. The fraction of sp³-hybridized carbons (Fsp3) is 0.786. The van der Waals surface area contributed by atoms with Crippen LogP contribution in [0.5, 0.6) is 0 Å². The average Bonchev–Trinajstić information content (AvgIpc) is 3.14. The summed E-state index contributed by atoms with van der Waals surface area (Å²) >= 11 is 0. The van der Waals surface area contributed by atoms with Gasteiger partial charge in [0, 0.05) is 25.4 Å². The van der Waals surface area contributed by atoms with Crippen molar-refractivity contribution < 1.29 is 9.32 Å². The normalized spacial score (nSPS) is 24.3. The van der Waals surface area contributed by atoms with Crippen LogP contribution in [0.1, 0.15) is 69.0 Å². The number of aromatic nitrogens is 2. The lowest BCUT2D eigenvalue weighted by atomic mass is 10.1. The van der Waals surface area contributed by atoms with E-state index in [1.165, 1.54) is 25.7 Å². The van der Waals surface area contributed by atoms with Gasteiger partial charge in [0.2, 0.25) is 11.8 Å². The summed E-state index contributed by atoms with van der Waals surface area (Å²) in [5, 5.41) is 4.14. The molecule has 2 heterocycles. The van der Waals surface area contributed by atoms with Crippen molar-refractivity contribution in [3.8, 4) is 0 Å². The molecule has 0 spiro atoms. The second kappa shape index (κ2) is 5.31. The highest BCUT2D eigenvalue weighted by molar-refractivity contribution is 5.76. The van der Waals surface area contributed by atoms with E-state index >= 15 is 0 Å². The van der Waals surface area contributed by atoms with Crippen LogP contribution in [0.25, 0.3) is 0 Å². The Kier molecular flexibility index (Phi) is 3.53. The van der Waals surface area contributed by atoms with Gasteiger partial charge in [-0.3, -0.25) is 4.79 Å². The number of rotatable bonds is 3. The molecule has 2 fully saturated rings. The van der Waals surface area contributed by atoms with E-state index < -0.39 is 0 Å². The molecular weight excluding hydrogens is 242 g/mol. The predicted molar refractivity (Wildman–Crippen MR) is 69.7 cm³/mol. The zero-order valence-electron chi connectivity index (χ0n) is 11.5. The van der Waals surface area contributed by atoms with Crippen molar-refractivity contribution in [2.75, 3.05) is 13.1 Å². The van der Waals surface area contributed by atoms with E-state index in [1.54, 1.807) is 0 Å². The minimum Gasteiger partial charge on any atom is -0.342 e. The molecule has 3 rings (SSSR count). The molecule has 1 aliphatic carbocycles. The second-order valence-electron chi connectivity index (χ2n) is 5.65. The van der Waals surface area contributed by atoms with Gasteiger partial charge in [0.25, 0.3) is 0 Å². The monoisotopic (exact) mass is 263 g/mol. The van der Waals surface area contributed by atoms with Crippen molar-refractivity contribution in [3.63, 3.8) is 0 Å². The molecule has 1 amide bonds. The second-order valence-corrected chi connectivity index (χ2v) is 5.65. The Hall–Kier alpha value is -1.39. The van der Waals surface area contributed by atoms with Crippen LogP contribution in [0.15, 0.2) is 4.52 Å². The molecule has 1 aromatic rings. The number of likely N-dealkylation sites (tertiary alicyclic amines) is 1. The Balaban J connectivity index is 1.65. The molecule has 5 nitrogen and oxygen atoms in total. The summed E-state index contributed by atoms with van der Waals surface area (Å²) < 4.78 is 5.42. The molecule has 1 saturated heterocycles. The topological polar surface area (TPSA) is 59.2 Å². The molecule has 1 aliphatic heterocycles. The molecule has 0 unspecified atom stereocenters. The summed E-state index contributed by atoms with van der Waals surface area (Å²) in [6.45, 7) is 3.46. The molecule has 1 saturated carbocycles. The molecule has 1 atom stereocenters.